The summed E-state index contributed by atoms with van der Waals surface area (Å²) in [6.45, 7) is 13.2. The first-order chi connectivity index (χ1) is 19.2. The maximum Gasteiger partial charge on any atom is 1.00 e. The second-order valence-electron chi connectivity index (χ2n) is 8.59. The average molecular weight is 549 g/mol. The first kappa shape index (κ1) is 33.3. The van der Waals surface area contributed by atoms with Gasteiger partial charge >= 0.3 is 29.6 Å². The van der Waals surface area contributed by atoms with Crippen LogP contribution >= 0.6 is 0 Å². The zero-order valence-corrected chi connectivity index (χ0v) is 27.2. The molecule has 0 aliphatic heterocycles. The van der Waals surface area contributed by atoms with Crippen LogP contribution in [0.4, 0.5) is 0 Å². The fourth-order valence-electron chi connectivity index (χ4n) is 4.64. The zero-order chi connectivity index (χ0) is 28.2. The molecule has 0 fully saturated rings. The molecule has 0 spiro atoms. The Morgan fingerprint density at radius 1 is 0.700 bits per heavy atom. The molecule has 0 bridgehead atoms. The third kappa shape index (κ3) is 7.63. The van der Waals surface area contributed by atoms with Gasteiger partial charge in [0.1, 0.15) is 22.7 Å². The summed E-state index contributed by atoms with van der Waals surface area (Å²) in [5.41, 5.74) is 5.63. The maximum atomic E-state index is 12.7. The molecule has 0 unspecified atom stereocenters. The van der Waals surface area contributed by atoms with Crippen LogP contribution < -0.4 is 44.1 Å². The van der Waals surface area contributed by atoms with Gasteiger partial charge in [-0.25, -0.2) is 0 Å². The summed E-state index contributed by atoms with van der Waals surface area (Å²) in [4.78, 5) is 0. The summed E-state index contributed by atoms with van der Waals surface area (Å²) < 4.78 is 18.2. The van der Waals surface area contributed by atoms with Crippen LogP contribution in [0.1, 0.15) is 59.1 Å². The molecule has 5 heteroatoms. The Hall–Kier alpha value is -2.92. The van der Waals surface area contributed by atoms with E-state index in [1.807, 2.05) is 94.4 Å². The van der Waals surface area contributed by atoms with Crippen molar-refractivity contribution in [2.75, 3.05) is 13.2 Å². The van der Waals surface area contributed by atoms with E-state index in [0.717, 1.165) is 57.2 Å². The van der Waals surface area contributed by atoms with Gasteiger partial charge in [-0.3, -0.25) is 0 Å². The normalized spacial score (nSPS) is 10.2. The molecule has 0 saturated carbocycles. The maximum absolute atomic E-state index is 12.7. The predicted molar refractivity (Wildman–Crippen MR) is 162 cm³/mol. The monoisotopic (exact) mass is 548 g/mol. The van der Waals surface area contributed by atoms with E-state index in [9.17, 15) is 5.11 Å². The Kier molecular flexibility index (Phi) is 14.2. The molecular weight excluding hydrogens is 507 g/mol. The predicted octanol–water partition coefficient (Wildman–Crippen LogP) is 6.36. The quantitative estimate of drug-likeness (QED) is 0.159. The largest absolute Gasteiger partial charge is 1.00 e. The minimum absolute atomic E-state index is 0. The van der Waals surface area contributed by atoms with Crippen molar-refractivity contribution in [2.45, 2.75) is 60.8 Å². The van der Waals surface area contributed by atoms with Crippen LogP contribution in [0.3, 0.4) is 0 Å². The van der Waals surface area contributed by atoms with E-state index in [-0.39, 0.29) is 35.3 Å². The Balaban J connectivity index is 0.00000107. The summed E-state index contributed by atoms with van der Waals surface area (Å²) in [5.74, 6) is 1.53. The van der Waals surface area contributed by atoms with Gasteiger partial charge in [0.25, 0.3) is 0 Å². The fraction of sp³-hybridized carbons (Fsp3) is 0.314. The number of aryl methyl sites for hydroxylation is 2. The van der Waals surface area contributed by atoms with E-state index in [0.29, 0.717) is 30.9 Å². The van der Waals surface area contributed by atoms with Gasteiger partial charge in [-0.05, 0) is 59.9 Å². The summed E-state index contributed by atoms with van der Waals surface area (Å²) in [5, 5.41) is 15.0. The molecule has 0 radical (unpaired) electrons. The van der Waals surface area contributed by atoms with Gasteiger partial charge in [0.05, 0.1) is 13.2 Å². The summed E-state index contributed by atoms with van der Waals surface area (Å²) in [6, 6.07) is 25.4. The van der Waals surface area contributed by atoms with Gasteiger partial charge in [-0.2, -0.15) is 0 Å². The van der Waals surface area contributed by atoms with Crippen molar-refractivity contribution in [1.82, 2.24) is 0 Å². The van der Waals surface area contributed by atoms with Gasteiger partial charge in [0, 0.05) is 22.8 Å². The molecule has 1 aromatic heterocycles. The van der Waals surface area contributed by atoms with Crippen LogP contribution in [0.5, 0.6) is 17.2 Å². The van der Waals surface area contributed by atoms with Gasteiger partial charge in [-0.15, -0.1) is 0 Å². The smallest absolute Gasteiger partial charge is 0.872 e. The van der Waals surface area contributed by atoms with E-state index in [1.165, 1.54) is 0 Å². The molecular formula is C35H41NaO4. The summed E-state index contributed by atoms with van der Waals surface area (Å²) in [6.07, 6.45) is 2.36. The first-order valence-corrected chi connectivity index (χ1v) is 14.3. The minimum atomic E-state index is -0.0205. The second kappa shape index (κ2) is 17.0. The zero-order valence-electron chi connectivity index (χ0n) is 25.2. The van der Waals surface area contributed by atoms with Gasteiger partial charge < -0.3 is 19.0 Å². The number of rotatable bonds is 9. The number of benzene rings is 4. The summed E-state index contributed by atoms with van der Waals surface area (Å²) in [7, 11) is 0. The van der Waals surface area contributed by atoms with Crippen molar-refractivity contribution >= 4 is 21.9 Å². The van der Waals surface area contributed by atoms with E-state index in [4.69, 9.17) is 13.9 Å². The molecule has 0 amide bonds. The molecule has 4 aromatic carbocycles. The van der Waals surface area contributed by atoms with Crippen LogP contribution in [-0.2, 0) is 12.8 Å². The molecule has 1 heterocycles. The van der Waals surface area contributed by atoms with Crippen molar-refractivity contribution in [1.29, 1.82) is 0 Å². The van der Waals surface area contributed by atoms with Crippen LogP contribution in [-0.4, -0.2) is 13.2 Å². The van der Waals surface area contributed by atoms with E-state index >= 15 is 0 Å². The number of hydrogen-bond donors (Lipinski definition) is 0. The Labute approximate surface area is 261 Å². The first-order valence-electron chi connectivity index (χ1n) is 14.3. The topological polar surface area (TPSA) is 54.7 Å². The van der Waals surface area contributed by atoms with Crippen molar-refractivity contribution in [3.8, 4) is 28.4 Å². The summed E-state index contributed by atoms with van der Waals surface area (Å²) >= 11 is 0. The number of fused-ring (bicyclic) bond motifs is 3. The standard InChI is InChI=1S/C31H30O4.2C2H6.Na/c1-3-21-19-25(22-11-6-5-7-12-22)26(32)20-30(21)34-18-10-17-33-27-15-16-29-31(23(27)4-2)24-13-8-9-14-28(24)35-29;2*1-2;/h5-9,11-16,19-20,32H,3-4,10,17-18H2,1-2H3;2*1-2H3;/q;;;+1/p-1. The fourth-order valence-corrected chi connectivity index (χ4v) is 4.64. The van der Waals surface area contributed by atoms with Gasteiger partial charge in [0.15, 0.2) is 0 Å². The van der Waals surface area contributed by atoms with Gasteiger partial charge in [-0.1, -0.05) is 95.8 Å². The Morgan fingerprint density at radius 2 is 1.35 bits per heavy atom. The van der Waals surface area contributed by atoms with Crippen molar-refractivity contribution < 1.29 is 48.6 Å². The molecule has 5 rings (SSSR count). The van der Waals surface area contributed by atoms with Crippen molar-refractivity contribution in [3.63, 3.8) is 0 Å². The van der Waals surface area contributed by atoms with Crippen LogP contribution in [0, 0.1) is 0 Å². The molecule has 0 saturated heterocycles. The third-order valence-corrected chi connectivity index (χ3v) is 6.39. The van der Waals surface area contributed by atoms with Crippen LogP contribution in [0.2, 0.25) is 0 Å². The van der Waals surface area contributed by atoms with Crippen molar-refractivity contribution in [3.05, 3.63) is 90.0 Å². The minimum Gasteiger partial charge on any atom is -0.872 e. The molecule has 0 atom stereocenters. The molecule has 4 nitrogen and oxygen atoms in total. The van der Waals surface area contributed by atoms with Crippen LogP contribution in [0.15, 0.2) is 83.3 Å². The molecule has 206 valence electrons. The number of furan rings is 1. The molecule has 5 aromatic rings. The SMILES string of the molecule is CC.CC.CCc1cc(-c2ccccc2)c([O-])cc1OCCCOc1ccc2oc3ccccc3c2c1CC.[Na+]. The number of para-hydroxylation sites is 1. The molecule has 40 heavy (non-hydrogen) atoms. The average Bonchev–Trinajstić information content (AvgIpc) is 3.38. The van der Waals surface area contributed by atoms with E-state index < -0.39 is 0 Å². The number of ether oxygens (including phenoxy) is 2. The Morgan fingerprint density at radius 3 is 2.02 bits per heavy atom. The molecule has 0 aliphatic carbocycles. The second-order valence-corrected chi connectivity index (χ2v) is 8.59. The van der Waals surface area contributed by atoms with Crippen molar-refractivity contribution in [2.24, 2.45) is 0 Å². The van der Waals surface area contributed by atoms with Crippen LogP contribution in [0.25, 0.3) is 33.1 Å². The molecule has 0 N–H and O–H groups in total. The Bertz CT molecular complexity index is 1460. The third-order valence-electron chi connectivity index (χ3n) is 6.39. The molecule has 0 aliphatic rings. The van der Waals surface area contributed by atoms with E-state index in [2.05, 4.69) is 19.9 Å². The number of hydrogen-bond acceptors (Lipinski definition) is 4. The van der Waals surface area contributed by atoms with Gasteiger partial charge in [0.2, 0.25) is 0 Å². The van der Waals surface area contributed by atoms with E-state index in [1.54, 1.807) is 6.07 Å².